The Labute approximate surface area is 258 Å². The molecule has 14 heteroatoms. The van der Waals surface area contributed by atoms with E-state index >= 15 is 0 Å². The van der Waals surface area contributed by atoms with Gasteiger partial charge in [0.1, 0.15) is 11.8 Å². The largest absolute Gasteiger partial charge is 0.497 e. The predicted octanol–water partition coefficient (Wildman–Crippen LogP) is 3.81. The Bertz CT molecular complexity index is 1470. The number of aliphatic imine (C=N–C) groups is 1. The fourth-order valence-corrected chi connectivity index (χ4v) is 3.90. The molecule has 0 radical (unpaired) electrons. The lowest BCUT2D eigenvalue weighted by atomic mass is 10.0. The molecule has 0 saturated carbocycles. The third-order valence-corrected chi connectivity index (χ3v) is 6.14. The lowest BCUT2D eigenvalue weighted by Crippen LogP contribution is -2.42. The molecule has 45 heavy (non-hydrogen) atoms. The zero-order valence-electron chi connectivity index (χ0n) is 25.1. The summed E-state index contributed by atoms with van der Waals surface area (Å²) in [5.74, 6) is -1.81. The molecule has 2 amide bonds. The average Bonchev–Trinajstić information content (AvgIpc) is 3.00. The van der Waals surface area contributed by atoms with Crippen molar-refractivity contribution in [2.24, 2.45) is 10.7 Å². The van der Waals surface area contributed by atoms with Gasteiger partial charge in [-0.05, 0) is 47.9 Å². The number of amides is 2. The summed E-state index contributed by atoms with van der Waals surface area (Å²) in [4.78, 5) is 39.2. The average molecular weight is 633 g/mol. The van der Waals surface area contributed by atoms with Gasteiger partial charge >= 0.3 is 12.1 Å². The van der Waals surface area contributed by atoms with E-state index < -0.39 is 18.2 Å². The number of hydrogen-bond acceptors (Lipinski definition) is 7. The van der Waals surface area contributed by atoms with Crippen LogP contribution in [-0.4, -0.2) is 62.4 Å². The summed E-state index contributed by atoms with van der Waals surface area (Å²) in [6.07, 6.45) is -4.73. The molecule has 2 atom stereocenters. The summed E-state index contributed by atoms with van der Waals surface area (Å²) in [6, 6.07) is 21.0. The van der Waals surface area contributed by atoms with E-state index in [-0.39, 0.29) is 30.2 Å². The number of ether oxygens (including phenoxy) is 3. The Morgan fingerprint density at radius 2 is 1.53 bits per heavy atom. The molecular formula is C31H35F3N4O7. The Morgan fingerprint density at radius 1 is 0.889 bits per heavy atom. The second-order valence-corrected chi connectivity index (χ2v) is 9.44. The zero-order valence-corrected chi connectivity index (χ0v) is 25.1. The van der Waals surface area contributed by atoms with Crippen LogP contribution < -0.4 is 30.6 Å². The van der Waals surface area contributed by atoms with Gasteiger partial charge < -0.3 is 30.4 Å². The highest BCUT2D eigenvalue weighted by Gasteiger charge is 2.38. The second kappa shape index (κ2) is 17.1. The van der Waals surface area contributed by atoms with Crippen LogP contribution in [0.15, 0.2) is 77.8 Å². The number of guanidine groups is 1. The van der Waals surface area contributed by atoms with Gasteiger partial charge in [-0.25, -0.2) is 9.79 Å². The maximum Gasteiger partial charge on any atom is 0.490 e. The molecule has 0 fully saturated rings. The van der Waals surface area contributed by atoms with Crippen LogP contribution in [0.4, 0.5) is 13.2 Å². The number of carboxylic acid groups (broad SMARTS) is 1. The van der Waals surface area contributed by atoms with Crippen LogP contribution in [0.3, 0.4) is 0 Å². The Morgan fingerprint density at radius 3 is 2.11 bits per heavy atom. The lowest BCUT2D eigenvalue weighted by molar-refractivity contribution is -0.192. The highest BCUT2D eigenvalue weighted by molar-refractivity contribution is 5.98. The van der Waals surface area contributed by atoms with E-state index in [0.717, 1.165) is 11.1 Å². The topological polar surface area (TPSA) is 162 Å². The molecule has 5 N–H and O–H groups in total. The molecule has 11 nitrogen and oxygen atoms in total. The molecule has 3 aromatic rings. The van der Waals surface area contributed by atoms with E-state index in [4.69, 9.17) is 29.8 Å². The van der Waals surface area contributed by atoms with E-state index in [0.29, 0.717) is 29.2 Å². The first kappa shape index (κ1) is 35.9. The van der Waals surface area contributed by atoms with Crippen molar-refractivity contribution >= 4 is 23.7 Å². The van der Waals surface area contributed by atoms with Crippen molar-refractivity contribution in [2.75, 3.05) is 21.3 Å². The van der Waals surface area contributed by atoms with Crippen LogP contribution in [-0.2, 0) is 27.2 Å². The number of nitrogens with two attached hydrogens (primary N) is 1. The van der Waals surface area contributed by atoms with Crippen molar-refractivity contribution in [3.8, 4) is 17.2 Å². The number of nitrogens with zero attached hydrogens (tertiary/aromatic N) is 1. The van der Waals surface area contributed by atoms with Crippen LogP contribution in [0.1, 0.15) is 29.7 Å². The molecule has 3 aromatic carbocycles. The number of carbonyl (C=O) groups is 3. The first-order valence-electron chi connectivity index (χ1n) is 13.4. The van der Waals surface area contributed by atoms with Crippen molar-refractivity contribution in [1.29, 1.82) is 0 Å². The number of benzene rings is 3. The third kappa shape index (κ3) is 12.1. The van der Waals surface area contributed by atoms with Crippen molar-refractivity contribution < 1.29 is 46.9 Å². The highest BCUT2D eigenvalue weighted by atomic mass is 19.4. The van der Waals surface area contributed by atoms with Crippen LogP contribution in [0.5, 0.6) is 17.2 Å². The van der Waals surface area contributed by atoms with Gasteiger partial charge in [-0.15, -0.1) is 0 Å². The normalized spacial score (nSPS) is 12.5. The van der Waals surface area contributed by atoms with Crippen LogP contribution >= 0.6 is 0 Å². The number of aliphatic carboxylic acids is 1. The van der Waals surface area contributed by atoms with Gasteiger partial charge in [0, 0.05) is 6.42 Å². The van der Waals surface area contributed by atoms with Gasteiger partial charge in [0.25, 0.3) is 0 Å². The minimum Gasteiger partial charge on any atom is -0.497 e. The van der Waals surface area contributed by atoms with Crippen molar-refractivity contribution in [3.63, 3.8) is 0 Å². The molecule has 0 heterocycles. The highest BCUT2D eigenvalue weighted by Crippen LogP contribution is 2.27. The summed E-state index contributed by atoms with van der Waals surface area (Å²) < 4.78 is 47.6. The maximum atomic E-state index is 13.3. The molecule has 0 unspecified atom stereocenters. The first-order valence-corrected chi connectivity index (χ1v) is 13.4. The molecule has 0 aliphatic heterocycles. The van der Waals surface area contributed by atoms with Crippen LogP contribution in [0, 0.1) is 0 Å². The molecule has 0 aromatic heterocycles. The lowest BCUT2D eigenvalue weighted by Gasteiger charge is -2.19. The molecule has 0 saturated heterocycles. The molecular weight excluding hydrogens is 597 g/mol. The van der Waals surface area contributed by atoms with Gasteiger partial charge in [-0.2, -0.15) is 13.2 Å². The Kier molecular flexibility index (Phi) is 13.7. The number of carbonyl (C=O) groups excluding carboxylic acids is 2. The van der Waals surface area contributed by atoms with E-state index in [1.165, 1.54) is 7.11 Å². The van der Waals surface area contributed by atoms with Crippen molar-refractivity contribution in [3.05, 3.63) is 89.5 Å². The van der Waals surface area contributed by atoms with E-state index in [2.05, 4.69) is 15.6 Å². The zero-order chi connectivity index (χ0) is 33.6. The second-order valence-electron chi connectivity index (χ2n) is 9.44. The van der Waals surface area contributed by atoms with Crippen LogP contribution in [0.25, 0.3) is 0 Å². The number of halogens is 3. The molecule has 0 bridgehead atoms. The summed E-state index contributed by atoms with van der Waals surface area (Å²) in [5.41, 5.74) is 8.58. The Hall–Kier alpha value is -5.27. The minimum absolute atomic E-state index is 0.0407. The Balaban J connectivity index is 0.000000900. The fourth-order valence-electron chi connectivity index (χ4n) is 3.90. The standard InChI is InChI=1S/C29H34N4O5.C2HF3O2/c1-19(22-11-8-12-23(18-22)36-2)31-28(35)24(15-20-9-6-5-7-10-20)32-29(30)33-27(34)17-21-13-14-25(37-3)26(16-21)38-4;3-2(4,5)1(6)7/h5-14,16,18-19,24H,15,17H2,1-4H3,(H,31,35)(H3,30,32,33,34);(H,6,7)/t19-,24-;/m0./s1. The molecule has 242 valence electrons. The van der Waals surface area contributed by atoms with E-state index in [9.17, 15) is 22.8 Å². The van der Waals surface area contributed by atoms with Gasteiger partial charge in [0.2, 0.25) is 11.8 Å². The van der Waals surface area contributed by atoms with Crippen molar-refractivity contribution in [1.82, 2.24) is 10.6 Å². The minimum atomic E-state index is -5.08. The van der Waals surface area contributed by atoms with Gasteiger partial charge in [-0.3, -0.25) is 14.9 Å². The summed E-state index contributed by atoms with van der Waals surface area (Å²) >= 11 is 0. The third-order valence-electron chi connectivity index (χ3n) is 6.14. The quantitative estimate of drug-likeness (QED) is 0.183. The number of rotatable bonds is 11. The fraction of sp³-hybridized carbons (Fsp3) is 0.290. The van der Waals surface area contributed by atoms with E-state index in [1.54, 1.807) is 32.4 Å². The monoisotopic (exact) mass is 632 g/mol. The number of alkyl halides is 3. The van der Waals surface area contributed by atoms with Crippen molar-refractivity contribution in [2.45, 2.75) is 38.0 Å². The first-order chi connectivity index (χ1) is 21.3. The summed E-state index contributed by atoms with van der Waals surface area (Å²) in [7, 11) is 4.66. The molecule has 3 rings (SSSR count). The summed E-state index contributed by atoms with van der Waals surface area (Å²) in [5, 5.41) is 12.7. The molecule has 0 spiro atoms. The van der Waals surface area contributed by atoms with Gasteiger partial charge in [-0.1, -0.05) is 48.5 Å². The number of methoxy groups -OCH3 is 3. The molecule has 0 aliphatic rings. The smallest absolute Gasteiger partial charge is 0.490 e. The van der Waals surface area contributed by atoms with Gasteiger partial charge in [0.05, 0.1) is 33.8 Å². The number of carboxylic acids is 1. The van der Waals surface area contributed by atoms with Gasteiger partial charge in [0.15, 0.2) is 17.5 Å². The maximum absolute atomic E-state index is 13.3. The molecule has 0 aliphatic carbocycles. The number of nitrogens with one attached hydrogen (secondary N) is 2. The SMILES string of the molecule is COc1cccc([C@H](C)NC(=O)[C@H](Cc2ccccc2)N=C(N)NC(=O)Cc2ccc(OC)c(OC)c2)c1.O=C(O)C(F)(F)F. The van der Waals surface area contributed by atoms with E-state index in [1.807, 2.05) is 61.5 Å². The summed E-state index contributed by atoms with van der Waals surface area (Å²) in [6.45, 7) is 1.88. The van der Waals surface area contributed by atoms with Crippen LogP contribution in [0.2, 0.25) is 0 Å². The predicted molar refractivity (Wildman–Crippen MR) is 160 cm³/mol. The number of hydrogen-bond donors (Lipinski definition) is 4.